The summed E-state index contributed by atoms with van der Waals surface area (Å²) in [5, 5.41) is 11.6. The third-order valence-corrected chi connectivity index (χ3v) is 3.02. The summed E-state index contributed by atoms with van der Waals surface area (Å²) in [6.45, 7) is 1.05. The SMILES string of the molecule is N/C(CCN(Cc1cncc(F)c1)c1ccccc1)=N/O. The first kappa shape index (κ1) is 14.8. The fourth-order valence-corrected chi connectivity index (χ4v) is 2.00. The van der Waals surface area contributed by atoms with Crippen LogP contribution in [0, 0.1) is 5.82 Å². The maximum absolute atomic E-state index is 13.2. The van der Waals surface area contributed by atoms with Crippen LogP contribution < -0.4 is 10.6 Å². The number of rotatable bonds is 6. The first-order valence-electron chi connectivity index (χ1n) is 6.55. The van der Waals surface area contributed by atoms with Crippen molar-refractivity contribution in [3.63, 3.8) is 0 Å². The average Bonchev–Trinajstić information content (AvgIpc) is 2.52. The molecule has 1 aromatic heterocycles. The Labute approximate surface area is 122 Å². The predicted octanol–water partition coefficient (Wildman–Crippen LogP) is 2.36. The molecular weight excluding hydrogens is 271 g/mol. The summed E-state index contributed by atoms with van der Waals surface area (Å²) in [6.07, 6.45) is 3.21. The molecule has 110 valence electrons. The van der Waals surface area contributed by atoms with Gasteiger partial charge in [-0.3, -0.25) is 4.98 Å². The predicted molar refractivity (Wildman–Crippen MR) is 79.7 cm³/mol. The van der Waals surface area contributed by atoms with Gasteiger partial charge in [0.2, 0.25) is 0 Å². The maximum atomic E-state index is 13.2. The van der Waals surface area contributed by atoms with Crippen molar-refractivity contribution in [2.45, 2.75) is 13.0 Å². The van der Waals surface area contributed by atoms with Crippen LogP contribution in [0.5, 0.6) is 0 Å². The summed E-state index contributed by atoms with van der Waals surface area (Å²) in [6, 6.07) is 11.1. The lowest BCUT2D eigenvalue weighted by Crippen LogP contribution is -2.28. The van der Waals surface area contributed by atoms with Gasteiger partial charge < -0.3 is 15.8 Å². The van der Waals surface area contributed by atoms with Gasteiger partial charge in [-0.05, 0) is 23.8 Å². The molecule has 0 aliphatic carbocycles. The van der Waals surface area contributed by atoms with E-state index in [1.807, 2.05) is 35.2 Å². The number of halogens is 1. The minimum atomic E-state index is -0.364. The van der Waals surface area contributed by atoms with E-state index < -0.39 is 0 Å². The second-order valence-electron chi connectivity index (χ2n) is 4.61. The van der Waals surface area contributed by atoms with Gasteiger partial charge in [0.15, 0.2) is 0 Å². The second-order valence-corrected chi connectivity index (χ2v) is 4.61. The monoisotopic (exact) mass is 288 g/mol. The smallest absolute Gasteiger partial charge is 0.141 e. The normalized spacial score (nSPS) is 11.4. The zero-order valence-corrected chi connectivity index (χ0v) is 11.5. The Morgan fingerprint density at radius 2 is 2.05 bits per heavy atom. The van der Waals surface area contributed by atoms with Crippen molar-refractivity contribution in [1.82, 2.24) is 4.98 Å². The lowest BCUT2D eigenvalue weighted by atomic mass is 10.2. The van der Waals surface area contributed by atoms with E-state index >= 15 is 0 Å². The van der Waals surface area contributed by atoms with Crippen LogP contribution in [0.3, 0.4) is 0 Å². The molecule has 6 heteroatoms. The molecular formula is C15H17FN4O. The van der Waals surface area contributed by atoms with Crippen LogP contribution in [0.15, 0.2) is 53.9 Å². The summed E-state index contributed by atoms with van der Waals surface area (Å²) in [5.74, 6) is -0.203. The summed E-state index contributed by atoms with van der Waals surface area (Å²) in [4.78, 5) is 5.87. The summed E-state index contributed by atoms with van der Waals surface area (Å²) < 4.78 is 13.2. The zero-order chi connectivity index (χ0) is 15.1. The molecule has 3 N–H and O–H groups in total. The number of para-hydroxylation sites is 1. The maximum Gasteiger partial charge on any atom is 0.141 e. The van der Waals surface area contributed by atoms with Crippen LogP contribution in [0.4, 0.5) is 10.1 Å². The highest BCUT2D eigenvalue weighted by molar-refractivity contribution is 5.80. The third kappa shape index (κ3) is 4.45. The van der Waals surface area contributed by atoms with Crippen molar-refractivity contribution in [3.05, 3.63) is 60.2 Å². The number of nitrogens with zero attached hydrogens (tertiary/aromatic N) is 3. The van der Waals surface area contributed by atoms with Gasteiger partial charge in [-0.1, -0.05) is 23.4 Å². The number of nitrogens with two attached hydrogens (primary N) is 1. The first-order chi connectivity index (χ1) is 10.2. The van der Waals surface area contributed by atoms with E-state index in [4.69, 9.17) is 10.9 Å². The minimum Gasteiger partial charge on any atom is -0.409 e. The van der Waals surface area contributed by atoms with Crippen molar-refractivity contribution in [3.8, 4) is 0 Å². The Morgan fingerprint density at radius 3 is 2.71 bits per heavy atom. The van der Waals surface area contributed by atoms with E-state index in [0.717, 1.165) is 11.3 Å². The molecule has 2 rings (SSSR count). The molecule has 21 heavy (non-hydrogen) atoms. The van der Waals surface area contributed by atoms with E-state index in [2.05, 4.69) is 10.1 Å². The number of amidine groups is 1. The van der Waals surface area contributed by atoms with Gasteiger partial charge in [0.25, 0.3) is 0 Å². The van der Waals surface area contributed by atoms with E-state index in [1.165, 1.54) is 12.3 Å². The van der Waals surface area contributed by atoms with Crippen molar-refractivity contribution in [2.24, 2.45) is 10.9 Å². The lowest BCUT2D eigenvalue weighted by molar-refractivity contribution is 0.317. The number of benzene rings is 1. The van der Waals surface area contributed by atoms with Crippen molar-refractivity contribution < 1.29 is 9.60 Å². The summed E-state index contributed by atoms with van der Waals surface area (Å²) in [7, 11) is 0. The molecule has 0 saturated heterocycles. The van der Waals surface area contributed by atoms with E-state index in [-0.39, 0.29) is 11.7 Å². The van der Waals surface area contributed by atoms with Crippen LogP contribution in [0.25, 0.3) is 0 Å². The van der Waals surface area contributed by atoms with Gasteiger partial charge >= 0.3 is 0 Å². The van der Waals surface area contributed by atoms with Gasteiger partial charge in [-0.15, -0.1) is 0 Å². The first-order valence-corrected chi connectivity index (χ1v) is 6.55. The van der Waals surface area contributed by atoms with E-state index in [9.17, 15) is 4.39 Å². The topological polar surface area (TPSA) is 74.7 Å². The minimum absolute atomic E-state index is 0.160. The largest absolute Gasteiger partial charge is 0.409 e. The van der Waals surface area contributed by atoms with Crippen LogP contribution in [0.2, 0.25) is 0 Å². The number of hydrogen-bond acceptors (Lipinski definition) is 4. The Kier molecular flexibility index (Phi) is 5.09. The number of anilines is 1. The van der Waals surface area contributed by atoms with Crippen molar-refractivity contribution >= 4 is 11.5 Å². The molecule has 2 aromatic rings. The number of aromatic nitrogens is 1. The molecule has 0 spiro atoms. The van der Waals surface area contributed by atoms with Gasteiger partial charge in [-0.25, -0.2) is 4.39 Å². The van der Waals surface area contributed by atoms with Gasteiger partial charge in [0, 0.05) is 31.4 Å². The Morgan fingerprint density at radius 1 is 1.29 bits per heavy atom. The Hall–Kier alpha value is -2.63. The lowest BCUT2D eigenvalue weighted by Gasteiger charge is -2.24. The van der Waals surface area contributed by atoms with Crippen molar-refractivity contribution in [1.29, 1.82) is 0 Å². The van der Waals surface area contributed by atoms with Crippen LogP contribution >= 0.6 is 0 Å². The van der Waals surface area contributed by atoms with Crippen molar-refractivity contribution in [2.75, 3.05) is 11.4 Å². The molecule has 0 aliphatic rings. The van der Waals surface area contributed by atoms with Gasteiger partial charge in [0.1, 0.15) is 11.7 Å². The Balaban J connectivity index is 2.15. The molecule has 0 aliphatic heterocycles. The molecule has 0 unspecified atom stereocenters. The molecule has 0 atom stereocenters. The molecule has 0 radical (unpaired) electrons. The molecule has 5 nitrogen and oxygen atoms in total. The van der Waals surface area contributed by atoms with Crippen LogP contribution in [-0.2, 0) is 6.54 Å². The highest BCUT2D eigenvalue weighted by atomic mass is 19.1. The van der Waals surface area contributed by atoms with Gasteiger partial charge in [-0.2, -0.15) is 0 Å². The molecule has 0 fully saturated rings. The zero-order valence-electron chi connectivity index (χ0n) is 11.5. The fourth-order valence-electron chi connectivity index (χ4n) is 2.00. The van der Waals surface area contributed by atoms with E-state index in [0.29, 0.717) is 19.5 Å². The number of hydrogen-bond donors (Lipinski definition) is 2. The standard InChI is InChI=1S/C15H17FN4O/c16-13-8-12(9-18-10-13)11-20(7-6-15(17)19-21)14-4-2-1-3-5-14/h1-5,8-10,21H,6-7,11H2,(H2,17,19). The average molecular weight is 288 g/mol. The molecule has 0 saturated carbocycles. The highest BCUT2D eigenvalue weighted by Gasteiger charge is 2.09. The Bertz CT molecular complexity index is 604. The van der Waals surface area contributed by atoms with Crippen LogP contribution in [0.1, 0.15) is 12.0 Å². The fraction of sp³-hybridized carbons (Fsp3) is 0.200. The molecule has 0 bridgehead atoms. The summed E-state index contributed by atoms with van der Waals surface area (Å²) >= 11 is 0. The molecule has 0 amide bonds. The number of pyridine rings is 1. The second kappa shape index (κ2) is 7.23. The van der Waals surface area contributed by atoms with Crippen LogP contribution in [-0.4, -0.2) is 22.6 Å². The molecule has 1 aromatic carbocycles. The van der Waals surface area contributed by atoms with Gasteiger partial charge in [0.05, 0.1) is 6.20 Å². The van der Waals surface area contributed by atoms with E-state index in [1.54, 1.807) is 6.20 Å². The quantitative estimate of drug-likeness (QED) is 0.370. The summed E-state index contributed by atoms with van der Waals surface area (Å²) in [5.41, 5.74) is 7.26. The highest BCUT2D eigenvalue weighted by Crippen LogP contribution is 2.17. The third-order valence-electron chi connectivity index (χ3n) is 3.02. The molecule has 1 heterocycles. The number of oxime groups is 1.